The molecule has 0 aliphatic rings. The Kier molecular flexibility index (Phi) is 5.30. The van der Waals surface area contributed by atoms with Gasteiger partial charge in [0.05, 0.1) is 0 Å². The van der Waals surface area contributed by atoms with Crippen LogP contribution in [0, 0.1) is 5.82 Å². The molecule has 19 heavy (non-hydrogen) atoms. The van der Waals surface area contributed by atoms with Crippen LogP contribution in [0.1, 0.15) is 27.2 Å². The first-order valence-corrected chi connectivity index (χ1v) is 6.31. The molecule has 0 fully saturated rings. The average Bonchev–Trinajstić information content (AvgIpc) is 2.34. The van der Waals surface area contributed by atoms with Crippen LogP contribution in [0.15, 0.2) is 24.3 Å². The molecule has 0 aliphatic heterocycles. The Labute approximate surface area is 113 Å². The zero-order valence-electron chi connectivity index (χ0n) is 11.6. The van der Waals surface area contributed by atoms with E-state index in [1.54, 1.807) is 19.1 Å². The minimum atomic E-state index is -0.723. The molecule has 4 nitrogen and oxygen atoms in total. The van der Waals surface area contributed by atoms with Gasteiger partial charge in [-0.3, -0.25) is 4.79 Å². The number of hydrogen-bond acceptors (Lipinski definition) is 3. The normalized spacial score (nSPS) is 12.9. The van der Waals surface area contributed by atoms with E-state index < -0.39 is 17.5 Å². The number of ether oxygens (including phenoxy) is 1. The molecular formula is C14H21FN2O2. The van der Waals surface area contributed by atoms with Gasteiger partial charge in [-0.05, 0) is 32.4 Å². The van der Waals surface area contributed by atoms with E-state index >= 15 is 0 Å². The van der Waals surface area contributed by atoms with E-state index in [4.69, 9.17) is 10.5 Å². The van der Waals surface area contributed by atoms with Gasteiger partial charge in [0, 0.05) is 12.1 Å². The minimum absolute atomic E-state index is 0.0801. The summed E-state index contributed by atoms with van der Waals surface area (Å²) in [5.41, 5.74) is 5.29. The summed E-state index contributed by atoms with van der Waals surface area (Å²) in [6.45, 7) is 5.76. The molecule has 1 unspecified atom stereocenters. The monoisotopic (exact) mass is 268 g/mol. The van der Waals surface area contributed by atoms with Gasteiger partial charge in [0.1, 0.15) is 0 Å². The zero-order valence-corrected chi connectivity index (χ0v) is 11.6. The van der Waals surface area contributed by atoms with Crippen molar-refractivity contribution >= 4 is 5.91 Å². The predicted molar refractivity (Wildman–Crippen MR) is 72.4 cm³/mol. The van der Waals surface area contributed by atoms with E-state index in [1.807, 2.05) is 13.8 Å². The van der Waals surface area contributed by atoms with E-state index in [1.165, 1.54) is 12.1 Å². The Morgan fingerprint density at radius 2 is 2.11 bits per heavy atom. The first kappa shape index (κ1) is 15.4. The van der Waals surface area contributed by atoms with Crippen molar-refractivity contribution in [3.63, 3.8) is 0 Å². The molecule has 1 amide bonds. The summed E-state index contributed by atoms with van der Waals surface area (Å²) >= 11 is 0. The first-order chi connectivity index (χ1) is 8.83. The zero-order chi connectivity index (χ0) is 14.5. The average molecular weight is 268 g/mol. The third kappa shape index (κ3) is 5.26. The molecule has 3 N–H and O–H groups in total. The lowest BCUT2D eigenvalue weighted by molar-refractivity contribution is -0.128. The Morgan fingerprint density at radius 1 is 1.47 bits per heavy atom. The van der Waals surface area contributed by atoms with Crippen LogP contribution in [-0.2, 0) is 4.79 Å². The molecule has 0 radical (unpaired) electrons. The van der Waals surface area contributed by atoms with Gasteiger partial charge in [-0.2, -0.15) is 0 Å². The fourth-order valence-corrected chi connectivity index (χ4v) is 1.44. The quantitative estimate of drug-likeness (QED) is 0.827. The van der Waals surface area contributed by atoms with Gasteiger partial charge in [-0.1, -0.05) is 19.1 Å². The van der Waals surface area contributed by atoms with Crippen molar-refractivity contribution in [2.24, 2.45) is 5.73 Å². The fraction of sp³-hybridized carbons (Fsp3) is 0.500. The third-order valence-corrected chi connectivity index (χ3v) is 2.49. The summed E-state index contributed by atoms with van der Waals surface area (Å²) in [4.78, 5) is 11.9. The van der Waals surface area contributed by atoms with Crippen molar-refractivity contribution in [3.8, 4) is 5.75 Å². The van der Waals surface area contributed by atoms with Gasteiger partial charge in [0.15, 0.2) is 17.7 Å². The van der Waals surface area contributed by atoms with Crippen molar-refractivity contribution < 1.29 is 13.9 Å². The summed E-state index contributed by atoms with van der Waals surface area (Å²) in [5.74, 6) is -0.686. The molecule has 1 atom stereocenters. The second-order valence-corrected chi connectivity index (χ2v) is 5.15. The van der Waals surface area contributed by atoms with Crippen LogP contribution in [0.3, 0.4) is 0 Å². The van der Waals surface area contributed by atoms with Gasteiger partial charge in [0.2, 0.25) is 0 Å². The van der Waals surface area contributed by atoms with E-state index in [2.05, 4.69) is 5.32 Å². The maximum absolute atomic E-state index is 13.4. The summed E-state index contributed by atoms with van der Waals surface area (Å²) in [7, 11) is 0. The van der Waals surface area contributed by atoms with Gasteiger partial charge in [-0.25, -0.2) is 4.39 Å². The third-order valence-electron chi connectivity index (χ3n) is 2.49. The molecule has 106 valence electrons. The number of nitrogens with one attached hydrogen (secondary N) is 1. The van der Waals surface area contributed by atoms with Crippen LogP contribution in [0.2, 0.25) is 0 Å². The van der Waals surface area contributed by atoms with E-state index in [-0.39, 0.29) is 11.7 Å². The van der Waals surface area contributed by atoms with Crippen LogP contribution in [0.25, 0.3) is 0 Å². The number of carbonyl (C=O) groups excluding carboxylic acids is 1. The van der Waals surface area contributed by atoms with E-state index in [9.17, 15) is 9.18 Å². The van der Waals surface area contributed by atoms with Crippen molar-refractivity contribution in [2.45, 2.75) is 38.8 Å². The molecular weight excluding hydrogens is 247 g/mol. The molecule has 1 aromatic carbocycles. The van der Waals surface area contributed by atoms with E-state index in [0.717, 1.165) is 0 Å². The molecule has 0 aliphatic carbocycles. The molecule has 0 spiro atoms. The Bertz CT molecular complexity index is 430. The summed E-state index contributed by atoms with van der Waals surface area (Å²) < 4.78 is 18.8. The molecule has 0 saturated carbocycles. The van der Waals surface area contributed by atoms with Gasteiger partial charge < -0.3 is 15.8 Å². The maximum Gasteiger partial charge on any atom is 0.261 e. The second kappa shape index (κ2) is 6.52. The van der Waals surface area contributed by atoms with E-state index in [0.29, 0.717) is 13.0 Å². The van der Waals surface area contributed by atoms with Crippen molar-refractivity contribution in [2.75, 3.05) is 6.54 Å². The topological polar surface area (TPSA) is 64.3 Å². The lowest BCUT2D eigenvalue weighted by Gasteiger charge is -2.22. The van der Waals surface area contributed by atoms with Crippen LogP contribution in [0.5, 0.6) is 5.75 Å². The van der Waals surface area contributed by atoms with Crippen molar-refractivity contribution in [3.05, 3.63) is 30.1 Å². The lowest BCUT2D eigenvalue weighted by Crippen LogP contribution is -2.48. The number of benzene rings is 1. The summed E-state index contributed by atoms with van der Waals surface area (Å²) in [6.07, 6.45) is -0.273. The highest BCUT2D eigenvalue weighted by Gasteiger charge is 2.21. The molecule has 0 bridgehead atoms. The number of para-hydroxylation sites is 1. The minimum Gasteiger partial charge on any atom is -0.478 e. The SMILES string of the molecule is CCC(Oc1ccccc1F)C(=O)NCC(C)(C)N. The standard InChI is InChI=1S/C14H21FN2O2/c1-4-11(13(18)17-9-14(2,3)16)19-12-8-6-5-7-10(12)15/h5-8,11H,4,9,16H2,1-3H3,(H,17,18). The smallest absolute Gasteiger partial charge is 0.261 e. The Balaban J connectivity index is 2.63. The number of halogens is 1. The Hall–Kier alpha value is -1.62. The predicted octanol–water partition coefficient (Wildman–Crippen LogP) is 1.84. The number of nitrogens with two attached hydrogens (primary N) is 1. The van der Waals surface area contributed by atoms with Crippen LogP contribution in [-0.4, -0.2) is 24.1 Å². The molecule has 0 aromatic heterocycles. The highest BCUT2D eigenvalue weighted by Crippen LogP contribution is 2.18. The van der Waals surface area contributed by atoms with Gasteiger partial charge in [0.25, 0.3) is 5.91 Å². The maximum atomic E-state index is 13.4. The number of amides is 1. The molecule has 1 rings (SSSR count). The summed E-state index contributed by atoms with van der Waals surface area (Å²) in [5, 5.41) is 2.70. The molecule has 1 aromatic rings. The van der Waals surface area contributed by atoms with Crippen LogP contribution >= 0.6 is 0 Å². The van der Waals surface area contributed by atoms with Gasteiger partial charge in [-0.15, -0.1) is 0 Å². The molecule has 0 saturated heterocycles. The molecule has 0 heterocycles. The fourth-order valence-electron chi connectivity index (χ4n) is 1.44. The lowest BCUT2D eigenvalue weighted by atomic mass is 10.1. The second-order valence-electron chi connectivity index (χ2n) is 5.15. The van der Waals surface area contributed by atoms with Crippen LogP contribution in [0.4, 0.5) is 4.39 Å². The van der Waals surface area contributed by atoms with Crippen molar-refractivity contribution in [1.29, 1.82) is 0 Å². The largest absolute Gasteiger partial charge is 0.478 e. The molecule has 5 heteroatoms. The number of carbonyl (C=O) groups is 1. The van der Waals surface area contributed by atoms with Crippen LogP contribution < -0.4 is 15.8 Å². The first-order valence-electron chi connectivity index (χ1n) is 6.31. The Morgan fingerprint density at radius 3 is 2.63 bits per heavy atom. The highest BCUT2D eigenvalue weighted by atomic mass is 19.1. The summed E-state index contributed by atoms with van der Waals surface area (Å²) in [6, 6.07) is 6.02. The highest BCUT2D eigenvalue weighted by molar-refractivity contribution is 5.81. The number of rotatable bonds is 6. The van der Waals surface area contributed by atoms with Gasteiger partial charge >= 0.3 is 0 Å². The van der Waals surface area contributed by atoms with Crippen molar-refractivity contribution in [1.82, 2.24) is 5.32 Å². The number of hydrogen-bond donors (Lipinski definition) is 2.